The van der Waals surface area contributed by atoms with Crippen LogP contribution in [0.25, 0.3) is 0 Å². The normalized spacial score (nSPS) is 11.3. The quantitative estimate of drug-likeness (QED) is 0.898. The topological polar surface area (TPSA) is 45.2 Å². The molecule has 0 saturated carbocycles. The van der Waals surface area contributed by atoms with Crippen LogP contribution in [-0.2, 0) is 5.41 Å². The summed E-state index contributed by atoms with van der Waals surface area (Å²) in [5.74, 6) is 0.826. The number of rotatable bonds is 5. The molecule has 4 nitrogen and oxygen atoms in total. The molecule has 1 rings (SSSR count). The Labute approximate surface area is 122 Å². The van der Waals surface area contributed by atoms with Gasteiger partial charge in [-0.05, 0) is 25.5 Å². The van der Waals surface area contributed by atoms with Gasteiger partial charge in [0.1, 0.15) is 5.82 Å². The van der Waals surface area contributed by atoms with Crippen molar-refractivity contribution >= 4 is 11.7 Å². The van der Waals surface area contributed by atoms with Gasteiger partial charge in [-0.2, -0.15) is 0 Å². The van der Waals surface area contributed by atoms with Gasteiger partial charge in [-0.15, -0.1) is 0 Å². The third kappa shape index (κ3) is 3.95. The van der Waals surface area contributed by atoms with Gasteiger partial charge >= 0.3 is 0 Å². The monoisotopic (exact) mass is 277 g/mol. The number of amides is 1. The Balaban J connectivity index is 3.20. The van der Waals surface area contributed by atoms with E-state index < -0.39 is 0 Å². The van der Waals surface area contributed by atoms with Crippen LogP contribution in [0, 0.1) is 0 Å². The summed E-state index contributed by atoms with van der Waals surface area (Å²) in [5, 5.41) is 3.04. The zero-order valence-corrected chi connectivity index (χ0v) is 13.6. The van der Waals surface area contributed by atoms with Gasteiger partial charge < -0.3 is 10.2 Å². The molecule has 20 heavy (non-hydrogen) atoms. The first-order valence-corrected chi connectivity index (χ1v) is 7.33. The maximum Gasteiger partial charge on any atom is 0.254 e. The van der Waals surface area contributed by atoms with E-state index in [1.54, 1.807) is 0 Å². The molecule has 0 atom stereocenters. The Hall–Kier alpha value is -1.58. The van der Waals surface area contributed by atoms with E-state index in [1.807, 2.05) is 31.0 Å². The van der Waals surface area contributed by atoms with E-state index in [0.29, 0.717) is 5.56 Å². The second-order valence-electron chi connectivity index (χ2n) is 6.01. The molecule has 0 aliphatic carbocycles. The van der Waals surface area contributed by atoms with Crippen LogP contribution in [0.4, 0.5) is 5.82 Å². The minimum absolute atomic E-state index is 0.0797. The highest BCUT2D eigenvalue weighted by Crippen LogP contribution is 2.24. The number of nitrogens with zero attached hydrogens (tertiary/aromatic N) is 2. The highest BCUT2D eigenvalue weighted by atomic mass is 16.2. The maximum absolute atomic E-state index is 12.6. The summed E-state index contributed by atoms with van der Waals surface area (Å²) < 4.78 is 0. The first kappa shape index (κ1) is 16.5. The predicted octanol–water partition coefficient (Wildman–Crippen LogP) is 3.29. The molecule has 1 amide bonds. The minimum Gasteiger partial charge on any atom is -0.373 e. The van der Waals surface area contributed by atoms with Gasteiger partial charge in [0, 0.05) is 36.8 Å². The Morgan fingerprint density at radius 2 is 1.95 bits per heavy atom. The Morgan fingerprint density at radius 3 is 2.40 bits per heavy atom. The summed E-state index contributed by atoms with van der Waals surface area (Å²) in [4.78, 5) is 19.0. The van der Waals surface area contributed by atoms with Crippen molar-refractivity contribution in [3.8, 4) is 0 Å². The molecule has 1 aromatic rings. The summed E-state index contributed by atoms with van der Waals surface area (Å²) in [6.45, 7) is 11.9. The van der Waals surface area contributed by atoms with Crippen LogP contribution in [0.1, 0.15) is 57.1 Å². The first-order valence-electron chi connectivity index (χ1n) is 7.33. The third-order valence-electron chi connectivity index (χ3n) is 3.26. The smallest absolute Gasteiger partial charge is 0.254 e. The first-order chi connectivity index (χ1) is 9.33. The van der Waals surface area contributed by atoms with Crippen LogP contribution in [-0.4, -0.2) is 35.9 Å². The number of nitrogens with one attached hydrogen (secondary N) is 1. The van der Waals surface area contributed by atoms with Crippen molar-refractivity contribution in [1.82, 2.24) is 9.88 Å². The van der Waals surface area contributed by atoms with Crippen LogP contribution in [0.5, 0.6) is 0 Å². The minimum atomic E-state index is -0.0797. The number of anilines is 1. The Morgan fingerprint density at radius 1 is 1.30 bits per heavy atom. The number of aromatic nitrogens is 1. The lowest BCUT2D eigenvalue weighted by atomic mass is 9.90. The molecule has 0 fully saturated rings. The molecule has 0 aromatic carbocycles. The molecule has 0 unspecified atom stereocenters. The molecule has 112 valence electrons. The van der Waals surface area contributed by atoms with Crippen molar-refractivity contribution in [2.75, 3.05) is 25.5 Å². The van der Waals surface area contributed by atoms with Crippen LogP contribution < -0.4 is 5.32 Å². The summed E-state index contributed by atoms with van der Waals surface area (Å²) in [5.41, 5.74) is 1.56. The lowest BCUT2D eigenvalue weighted by Crippen LogP contribution is -2.32. The van der Waals surface area contributed by atoms with Crippen LogP contribution in [0.2, 0.25) is 0 Å². The molecule has 0 radical (unpaired) electrons. The van der Waals surface area contributed by atoms with E-state index in [-0.39, 0.29) is 11.3 Å². The standard InChI is InChI=1S/C16H27N3O/c1-7-9-19(8-2)15(20)12-10-13(16(3,4)5)18-14(11-12)17-6/h10-11H,7-9H2,1-6H3,(H,17,18). The molecule has 1 aromatic heterocycles. The molecule has 1 heterocycles. The number of carbonyl (C=O) groups excluding carboxylic acids is 1. The van der Waals surface area contributed by atoms with E-state index in [2.05, 4.69) is 38.0 Å². The molecule has 0 saturated heterocycles. The molecular weight excluding hydrogens is 250 g/mol. The second kappa shape index (κ2) is 6.73. The summed E-state index contributed by atoms with van der Waals surface area (Å²) in [6, 6.07) is 3.75. The number of carbonyl (C=O) groups is 1. The van der Waals surface area contributed by atoms with Crippen molar-refractivity contribution in [1.29, 1.82) is 0 Å². The van der Waals surface area contributed by atoms with Gasteiger partial charge in [0.15, 0.2) is 0 Å². The molecule has 0 spiro atoms. The van der Waals surface area contributed by atoms with Gasteiger partial charge in [0.2, 0.25) is 0 Å². The van der Waals surface area contributed by atoms with Gasteiger partial charge in [-0.1, -0.05) is 27.7 Å². The zero-order chi connectivity index (χ0) is 15.3. The van der Waals surface area contributed by atoms with Crippen molar-refractivity contribution in [3.05, 3.63) is 23.4 Å². The molecule has 0 aliphatic rings. The van der Waals surface area contributed by atoms with E-state index >= 15 is 0 Å². The van der Waals surface area contributed by atoms with Gasteiger partial charge in [0.25, 0.3) is 5.91 Å². The summed E-state index contributed by atoms with van der Waals surface area (Å²) in [6.07, 6.45) is 0.968. The van der Waals surface area contributed by atoms with Crippen LogP contribution in [0.15, 0.2) is 12.1 Å². The third-order valence-corrected chi connectivity index (χ3v) is 3.26. The van der Waals surface area contributed by atoms with E-state index in [9.17, 15) is 4.79 Å². The highest BCUT2D eigenvalue weighted by Gasteiger charge is 2.21. The maximum atomic E-state index is 12.6. The van der Waals surface area contributed by atoms with Crippen LogP contribution >= 0.6 is 0 Å². The van der Waals surface area contributed by atoms with Crippen molar-refractivity contribution in [2.45, 2.75) is 46.5 Å². The number of pyridine rings is 1. The SMILES string of the molecule is CCCN(CC)C(=O)c1cc(NC)nc(C(C)(C)C)c1. The predicted molar refractivity (Wildman–Crippen MR) is 84.4 cm³/mol. The Kier molecular flexibility index (Phi) is 5.54. The fourth-order valence-electron chi connectivity index (χ4n) is 2.02. The van der Waals surface area contributed by atoms with E-state index in [1.165, 1.54) is 0 Å². The zero-order valence-electron chi connectivity index (χ0n) is 13.6. The van der Waals surface area contributed by atoms with Crippen molar-refractivity contribution in [3.63, 3.8) is 0 Å². The fourth-order valence-corrected chi connectivity index (χ4v) is 2.02. The fraction of sp³-hybridized carbons (Fsp3) is 0.625. The number of hydrogen-bond acceptors (Lipinski definition) is 3. The van der Waals surface area contributed by atoms with Crippen molar-refractivity contribution in [2.24, 2.45) is 0 Å². The van der Waals surface area contributed by atoms with Gasteiger partial charge in [-0.25, -0.2) is 4.98 Å². The molecule has 4 heteroatoms. The molecule has 0 aliphatic heterocycles. The van der Waals surface area contributed by atoms with E-state index in [0.717, 1.165) is 31.0 Å². The summed E-state index contributed by atoms with van der Waals surface area (Å²) >= 11 is 0. The summed E-state index contributed by atoms with van der Waals surface area (Å²) in [7, 11) is 1.83. The molecular formula is C16H27N3O. The van der Waals surface area contributed by atoms with E-state index in [4.69, 9.17) is 0 Å². The van der Waals surface area contributed by atoms with Gasteiger partial charge in [-0.3, -0.25) is 4.79 Å². The second-order valence-corrected chi connectivity index (χ2v) is 6.01. The highest BCUT2D eigenvalue weighted by molar-refractivity contribution is 5.95. The number of hydrogen-bond donors (Lipinski definition) is 1. The van der Waals surface area contributed by atoms with Crippen molar-refractivity contribution < 1.29 is 4.79 Å². The Bertz CT molecular complexity index is 463. The molecule has 0 bridgehead atoms. The van der Waals surface area contributed by atoms with Gasteiger partial charge in [0.05, 0.1) is 0 Å². The average Bonchev–Trinajstić information content (AvgIpc) is 2.42. The molecule has 1 N–H and O–H groups in total. The largest absolute Gasteiger partial charge is 0.373 e. The lowest BCUT2D eigenvalue weighted by Gasteiger charge is -2.23. The van der Waals surface area contributed by atoms with Crippen LogP contribution in [0.3, 0.4) is 0 Å². The average molecular weight is 277 g/mol. The lowest BCUT2D eigenvalue weighted by molar-refractivity contribution is 0.0764.